The molecule has 0 saturated carbocycles. The first kappa shape index (κ1) is 27.1. The number of hydrogen-bond acceptors (Lipinski definition) is 1. The van der Waals surface area contributed by atoms with Crippen LogP contribution < -0.4 is 0 Å². The van der Waals surface area contributed by atoms with E-state index < -0.39 is 0 Å². The van der Waals surface area contributed by atoms with Gasteiger partial charge in [0.1, 0.15) is 0 Å². The van der Waals surface area contributed by atoms with Crippen molar-refractivity contribution in [2.75, 3.05) is 0 Å². The second-order valence-corrected chi connectivity index (χ2v) is 6.80. The Morgan fingerprint density at radius 1 is 1.07 bits per heavy atom. The van der Waals surface area contributed by atoms with Crippen LogP contribution in [0.1, 0.15) is 71.6 Å². The van der Waals surface area contributed by atoms with Crippen molar-refractivity contribution in [3.63, 3.8) is 0 Å². The smallest absolute Gasteiger partial charge is 0.0342 e. The fourth-order valence-electron chi connectivity index (χ4n) is 2.64. The summed E-state index contributed by atoms with van der Waals surface area (Å²) in [6.45, 7) is 25.2. The van der Waals surface area contributed by atoms with Crippen LogP contribution in [-0.4, -0.2) is 6.21 Å². The Labute approximate surface area is 169 Å². The SMILES string of the molecule is C=C/C(=C\N=CC)c1ccc2c(c1)CC(C)(C)C2.C=CC.C=CCC.CC. The maximum absolute atomic E-state index is 4.18. The first-order valence-electron chi connectivity index (χ1n) is 9.99. The molecule has 0 aromatic heterocycles. The average Bonchev–Trinajstić information content (AvgIpc) is 2.98. The van der Waals surface area contributed by atoms with Crippen LogP contribution in [0.15, 0.2) is 67.4 Å². The van der Waals surface area contributed by atoms with E-state index in [9.17, 15) is 0 Å². The average molecular weight is 368 g/mol. The number of benzene rings is 1. The molecule has 1 heteroatoms. The van der Waals surface area contributed by atoms with Gasteiger partial charge in [-0.15, -0.1) is 13.2 Å². The Bertz CT molecular complexity index is 615. The second kappa shape index (κ2) is 16.1. The predicted octanol–water partition coefficient (Wildman–Crippen LogP) is 8.23. The third-order valence-electron chi connectivity index (χ3n) is 3.75. The summed E-state index contributed by atoms with van der Waals surface area (Å²) in [7, 11) is 0. The zero-order valence-corrected chi connectivity index (χ0v) is 18.8. The summed E-state index contributed by atoms with van der Waals surface area (Å²) >= 11 is 0. The van der Waals surface area contributed by atoms with Crippen molar-refractivity contribution in [1.82, 2.24) is 0 Å². The molecule has 150 valence electrons. The standard InChI is InChI=1S/C17H21N.C4H8.C3H6.C2H6/c1-5-13(12-18-6-2)14-7-8-15-10-17(3,4)11-16(15)9-14;1-3-4-2;1-3-2;1-2/h5-9,12H,1,10-11H2,2-4H3;3H,1,4H2,2H3;3H,1H2,2H3;1-2H3/b13-12+,18-6?;;;. The second-order valence-electron chi connectivity index (χ2n) is 6.80. The van der Waals surface area contributed by atoms with Gasteiger partial charge in [-0.2, -0.15) is 0 Å². The highest BCUT2D eigenvalue weighted by atomic mass is 14.7. The summed E-state index contributed by atoms with van der Waals surface area (Å²) in [4.78, 5) is 4.18. The molecule has 0 N–H and O–H groups in total. The van der Waals surface area contributed by atoms with Crippen molar-refractivity contribution in [2.45, 2.75) is 67.7 Å². The highest BCUT2D eigenvalue weighted by molar-refractivity contribution is 5.75. The molecule has 0 bridgehead atoms. The third kappa shape index (κ3) is 11.2. The van der Waals surface area contributed by atoms with Crippen molar-refractivity contribution in [3.8, 4) is 0 Å². The maximum atomic E-state index is 4.18. The lowest BCUT2D eigenvalue weighted by Crippen LogP contribution is -2.09. The van der Waals surface area contributed by atoms with Crippen LogP contribution in [0.3, 0.4) is 0 Å². The molecule has 1 aliphatic carbocycles. The molecule has 0 atom stereocenters. The maximum Gasteiger partial charge on any atom is 0.0342 e. The minimum absolute atomic E-state index is 0.403. The van der Waals surface area contributed by atoms with Crippen LogP contribution in [0.25, 0.3) is 5.57 Å². The van der Waals surface area contributed by atoms with Crippen molar-refractivity contribution >= 4 is 11.8 Å². The van der Waals surface area contributed by atoms with Crippen LogP contribution in [0.2, 0.25) is 0 Å². The van der Waals surface area contributed by atoms with Gasteiger partial charge in [-0.3, -0.25) is 4.99 Å². The fourth-order valence-corrected chi connectivity index (χ4v) is 2.64. The number of allylic oxidation sites excluding steroid dienone is 4. The molecule has 0 unspecified atom stereocenters. The third-order valence-corrected chi connectivity index (χ3v) is 3.75. The van der Waals surface area contributed by atoms with Crippen molar-refractivity contribution in [1.29, 1.82) is 0 Å². The summed E-state index contributed by atoms with van der Waals surface area (Å²) in [5.41, 5.74) is 5.67. The van der Waals surface area contributed by atoms with Gasteiger partial charge in [-0.05, 0) is 60.8 Å². The fraction of sp³-hybridized carbons (Fsp3) is 0.423. The molecular weight excluding hydrogens is 326 g/mol. The van der Waals surface area contributed by atoms with Gasteiger partial charge in [0.05, 0.1) is 0 Å². The van der Waals surface area contributed by atoms with E-state index in [0.29, 0.717) is 5.41 Å². The normalized spacial score (nSPS) is 13.7. The van der Waals surface area contributed by atoms with Crippen LogP contribution >= 0.6 is 0 Å². The summed E-state index contributed by atoms with van der Waals surface area (Å²) in [6, 6.07) is 6.73. The van der Waals surface area contributed by atoms with Crippen molar-refractivity contribution < 1.29 is 0 Å². The Morgan fingerprint density at radius 2 is 1.59 bits per heavy atom. The Kier molecular flexibility index (Phi) is 16.1. The number of aliphatic imine (C=N–C) groups is 1. The molecule has 1 aromatic rings. The molecular formula is C26H41N. The number of nitrogens with zero attached hydrogens (tertiary/aromatic N) is 1. The molecule has 1 aromatic carbocycles. The molecule has 1 aliphatic rings. The van der Waals surface area contributed by atoms with Gasteiger partial charge in [-0.25, -0.2) is 0 Å². The number of hydrogen-bond donors (Lipinski definition) is 0. The molecule has 1 nitrogen and oxygen atoms in total. The first-order chi connectivity index (χ1) is 12.9. The van der Waals surface area contributed by atoms with E-state index in [0.717, 1.165) is 18.4 Å². The van der Waals surface area contributed by atoms with Crippen LogP contribution in [-0.2, 0) is 12.8 Å². The van der Waals surface area contributed by atoms with Gasteiger partial charge in [0, 0.05) is 12.4 Å². The zero-order valence-electron chi connectivity index (χ0n) is 18.8. The van der Waals surface area contributed by atoms with Gasteiger partial charge in [-0.1, -0.05) is 77.6 Å². The summed E-state index contributed by atoms with van der Waals surface area (Å²) < 4.78 is 0. The topological polar surface area (TPSA) is 12.4 Å². The molecule has 0 amide bonds. The van der Waals surface area contributed by atoms with E-state index in [1.165, 1.54) is 23.1 Å². The van der Waals surface area contributed by atoms with E-state index in [1.54, 1.807) is 12.3 Å². The Balaban J connectivity index is 0. The molecule has 0 spiro atoms. The van der Waals surface area contributed by atoms with E-state index in [4.69, 9.17) is 0 Å². The quantitative estimate of drug-likeness (QED) is 0.289. The minimum Gasteiger partial charge on any atom is -0.269 e. The number of fused-ring (bicyclic) bond motifs is 1. The van der Waals surface area contributed by atoms with Crippen LogP contribution in [0.5, 0.6) is 0 Å². The first-order valence-corrected chi connectivity index (χ1v) is 9.99. The number of rotatable bonds is 4. The summed E-state index contributed by atoms with van der Waals surface area (Å²) in [6.07, 6.45) is 12.6. The zero-order chi connectivity index (χ0) is 21.3. The van der Waals surface area contributed by atoms with Gasteiger partial charge in [0.2, 0.25) is 0 Å². The molecule has 0 aliphatic heterocycles. The van der Waals surface area contributed by atoms with Crippen molar-refractivity contribution in [2.24, 2.45) is 10.4 Å². The Hall–Kier alpha value is -2.15. The van der Waals surface area contributed by atoms with Gasteiger partial charge in [0.25, 0.3) is 0 Å². The van der Waals surface area contributed by atoms with E-state index in [-0.39, 0.29) is 0 Å². The van der Waals surface area contributed by atoms with E-state index in [2.05, 4.69) is 63.7 Å². The van der Waals surface area contributed by atoms with Crippen LogP contribution in [0.4, 0.5) is 0 Å². The molecule has 2 rings (SSSR count). The molecule has 0 saturated heterocycles. The van der Waals surface area contributed by atoms with E-state index in [1.807, 2.05) is 46.0 Å². The summed E-state index contributed by atoms with van der Waals surface area (Å²) in [5.74, 6) is 0. The lowest BCUT2D eigenvalue weighted by molar-refractivity contribution is 0.392. The van der Waals surface area contributed by atoms with Gasteiger partial charge in [0.15, 0.2) is 0 Å². The highest BCUT2D eigenvalue weighted by Gasteiger charge is 2.28. The van der Waals surface area contributed by atoms with Gasteiger partial charge >= 0.3 is 0 Å². The van der Waals surface area contributed by atoms with Crippen molar-refractivity contribution in [3.05, 3.63) is 79.1 Å². The van der Waals surface area contributed by atoms with Gasteiger partial charge < -0.3 is 0 Å². The summed E-state index contributed by atoms with van der Waals surface area (Å²) in [5, 5.41) is 0. The molecule has 27 heavy (non-hydrogen) atoms. The van der Waals surface area contributed by atoms with E-state index >= 15 is 0 Å². The van der Waals surface area contributed by atoms with Crippen LogP contribution in [0, 0.1) is 5.41 Å². The molecule has 0 fully saturated rings. The monoisotopic (exact) mass is 367 g/mol. The predicted molar refractivity (Wildman–Crippen MR) is 128 cm³/mol. The highest BCUT2D eigenvalue weighted by Crippen LogP contribution is 2.37. The lowest BCUT2D eigenvalue weighted by atomic mass is 9.90. The lowest BCUT2D eigenvalue weighted by Gasteiger charge is -2.14. The molecule has 0 heterocycles. The minimum atomic E-state index is 0.403. The Morgan fingerprint density at radius 3 is 2.04 bits per heavy atom. The largest absolute Gasteiger partial charge is 0.269 e. The molecule has 0 radical (unpaired) electrons.